The number of benzene rings is 1. The smallest absolute Gasteiger partial charge is 0.303 e. The fraction of sp³-hybridized carbons (Fsp3) is 0.417. The van der Waals surface area contributed by atoms with Crippen molar-refractivity contribution >= 4 is 16.0 Å². The van der Waals surface area contributed by atoms with Crippen molar-refractivity contribution in [1.82, 2.24) is 4.72 Å². The highest BCUT2D eigenvalue weighted by Gasteiger charge is 2.25. The van der Waals surface area contributed by atoms with E-state index in [1.807, 2.05) is 4.72 Å². The normalized spacial score (nSPS) is 13.1. The Morgan fingerprint density at radius 1 is 1.29 bits per heavy atom. The molecular weight excluding hydrogens is 311 g/mol. The fourth-order valence-corrected chi connectivity index (χ4v) is 2.86. The van der Waals surface area contributed by atoms with Gasteiger partial charge in [-0.3, -0.25) is 4.79 Å². The highest BCUT2D eigenvalue weighted by atomic mass is 32.2. The summed E-state index contributed by atoms with van der Waals surface area (Å²) in [4.78, 5) is 9.12. The van der Waals surface area contributed by atoms with Crippen LogP contribution >= 0.6 is 0 Å². The number of halogens is 3. The lowest BCUT2D eigenvalue weighted by atomic mass is 10.1. The van der Waals surface area contributed by atoms with Crippen LogP contribution in [-0.4, -0.2) is 26.0 Å². The fourth-order valence-electron chi connectivity index (χ4n) is 1.58. The first-order valence-electron chi connectivity index (χ1n) is 5.99. The zero-order valence-corrected chi connectivity index (χ0v) is 11.9. The van der Waals surface area contributed by atoms with Gasteiger partial charge in [0, 0.05) is 25.1 Å². The minimum atomic E-state index is -4.49. The van der Waals surface area contributed by atoms with Crippen molar-refractivity contribution < 1.29 is 31.5 Å². The molecular formula is C12H14F3NO4S. The number of nitrogens with one attached hydrogen (secondary N) is 1. The van der Waals surface area contributed by atoms with E-state index < -0.39 is 38.3 Å². The second-order valence-electron chi connectivity index (χ2n) is 4.59. The molecule has 1 atom stereocenters. The predicted molar refractivity (Wildman–Crippen MR) is 67.5 cm³/mol. The summed E-state index contributed by atoms with van der Waals surface area (Å²) in [5.41, 5.74) is 0. The molecule has 5 nitrogen and oxygen atoms in total. The van der Waals surface area contributed by atoms with E-state index in [-0.39, 0.29) is 37.4 Å². The van der Waals surface area contributed by atoms with Gasteiger partial charge in [-0.2, -0.15) is 0 Å². The van der Waals surface area contributed by atoms with E-state index in [1.165, 1.54) is 0 Å². The van der Waals surface area contributed by atoms with Crippen LogP contribution in [0.15, 0.2) is 17.0 Å². The van der Waals surface area contributed by atoms with Crippen LogP contribution in [0.3, 0.4) is 0 Å². The third kappa shape index (κ3) is 5.01. The van der Waals surface area contributed by atoms with Crippen LogP contribution in [-0.2, 0) is 14.8 Å². The van der Waals surface area contributed by atoms with Crippen molar-refractivity contribution in [2.45, 2.75) is 24.7 Å². The van der Waals surface area contributed by atoms with E-state index in [0.717, 1.165) is 0 Å². The summed E-state index contributed by atoms with van der Waals surface area (Å²) in [5.74, 6) is -5.65. The molecule has 0 saturated heterocycles. The molecule has 0 saturated carbocycles. The summed E-state index contributed by atoms with van der Waals surface area (Å²) in [6.07, 6.45) is 0.0500. The van der Waals surface area contributed by atoms with Crippen LogP contribution in [0.25, 0.3) is 0 Å². The molecule has 0 aliphatic heterocycles. The lowest BCUT2D eigenvalue weighted by Gasteiger charge is -2.13. The number of aliphatic carboxylic acids is 1. The van der Waals surface area contributed by atoms with Crippen molar-refractivity contribution in [3.8, 4) is 0 Å². The minimum absolute atomic E-state index is 0.151. The molecule has 1 aromatic carbocycles. The average molecular weight is 325 g/mol. The molecule has 2 N–H and O–H groups in total. The van der Waals surface area contributed by atoms with E-state index in [2.05, 4.69) is 0 Å². The van der Waals surface area contributed by atoms with E-state index in [1.54, 1.807) is 6.92 Å². The van der Waals surface area contributed by atoms with Gasteiger partial charge in [-0.25, -0.2) is 26.3 Å². The molecule has 0 radical (unpaired) electrons. The third-order valence-electron chi connectivity index (χ3n) is 2.70. The Morgan fingerprint density at radius 3 is 2.29 bits per heavy atom. The van der Waals surface area contributed by atoms with Crippen molar-refractivity contribution in [3.05, 3.63) is 29.6 Å². The summed E-state index contributed by atoms with van der Waals surface area (Å²) in [5, 5.41) is 8.49. The van der Waals surface area contributed by atoms with Crippen molar-refractivity contribution in [2.24, 2.45) is 5.92 Å². The van der Waals surface area contributed by atoms with Gasteiger partial charge in [-0.15, -0.1) is 0 Å². The Labute approximate surface area is 119 Å². The minimum Gasteiger partial charge on any atom is -0.481 e. The van der Waals surface area contributed by atoms with Gasteiger partial charge in [-0.05, 0) is 12.3 Å². The van der Waals surface area contributed by atoms with Crippen molar-refractivity contribution in [2.75, 3.05) is 6.54 Å². The van der Waals surface area contributed by atoms with Crippen LogP contribution in [0, 0.1) is 23.4 Å². The summed E-state index contributed by atoms with van der Waals surface area (Å²) >= 11 is 0. The first-order valence-corrected chi connectivity index (χ1v) is 7.48. The first-order chi connectivity index (χ1) is 9.63. The number of carboxylic acids is 1. The molecule has 0 aromatic heterocycles. The molecule has 21 heavy (non-hydrogen) atoms. The molecule has 0 amide bonds. The summed E-state index contributed by atoms with van der Waals surface area (Å²) in [6.45, 7) is 1.40. The lowest BCUT2D eigenvalue weighted by molar-refractivity contribution is -0.137. The lowest BCUT2D eigenvalue weighted by Crippen LogP contribution is -2.30. The number of hydrogen-bond acceptors (Lipinski definition) is 3. The van der Waals surface area contributed by atoms with Gasteiger partial charge in [0.1, 0.15) is 17.5 Å². The van der Waals surface area contributed by atoms with E-state index >= 15 is 0 Å². The molecule has 9 heteroatoms. The molecule has 0 bridgehead atoms. The van der Waals surface area contributed by atoms with Gasteiger partial charge in [0.25, 0.3) is 0 Å². The molecule has 0 heterocycles. The summed E-state index contributed by atoms with van der Waals surface area (Å²) < 4.78 is 65.1. The second kappa shape index (κ2) is 6.90. The van der Waals surface area contributed by atoms with E-state index in [9.17, 15) is 26.4 Å². The molecule has 118 valence electrons. The van der Waals surface area contributed by atoms with Crippen molar-refractivity contribution in [3.63, 3.8) is 0 Å². The molecule has 0 fully saturated rings. The Balaban J connectivity index is 2.81. The molecule has 0 aliphatic carbocycles. The Morgan fingerprint density at radius 2 is 1.81 bits per heavy atom. The molecule has 0 spiro atoms. The maximum atomic E-state index is 13.4. The first kappa shape index (κ1) is 17.4. The van der Waals surface area contributed by atoms with Gasteiger partial charge >= 0.3 is 5.97 Å². The standard InChI is InChI=1S/C12H14F3NO4S/c1-7(2-3-11(17)18)6-16-21(19,20)12-9(14)4-8(13)5-10(12)15/h4-5,7,16H,2-3,6H2,1H3,(H,17,18). The second-order valence-corrected chi connectivity index (χ2v) is 6.29. The van der Waals surface area contributed by atoms with Gasteiger partial charge < -0.3 is 5.11 Å². The van der Waals surface area contributed by atoms with Crippen LogP contribution in [0.1, 0.15) is 19.8 Å². The number of carbonyl (C=O) groups is 1. The van der Waals surface area contributed by atoms with Crippen molar-refractivity contribution in [1.29, 1.82) is 0 Å². The Bertz CT molecular complexity index is 610. The zero-order valence-electron chi connectivity index (χ0n) is 11.1. The zero-order chi connectivity index (χ0) is 16.2. The molecule has 1 unspecified atom stereocenters. The number of rotatable bonds is 7. The number of hydrogen-bond donors (Lipinski definition) is 2. The number of carboxylic acid groups (broad SMARTS) is 1. The van der Waals surface area contributed by atoms with Gasteiger partial charge in [-0.1, -0.05) is 6.92 Å². The highest BCUT2D eigenvalue weighted by Crippen LogP contribution is 2.20. The molecule has 0 aliphatic rings. The summed E-state index contributed by atoms with van der Waals surface area (Å²) in [6, 6.07) is 0.539. The highest BCUT2D eigenvalue weighted by molar-refractivity contribution is 7.89. The van der Waals surface area contributed by atoms with Crippen LogP contribution < -0.4 is 4.72 Å². The summed E-state index contributed by atoms with van der Waals surface area (Å²) in [7, 11) is -4.49. The Hall–Kier alpha value is -1.61. The SMILES string of the molecule is CC(CCC(=O)O)CNS(=O)(=O)c1c(F)cc(F)cc1F. The van der Waals surface area contributed by atoms with Crippen LogP contribution in [0.2, 0.25) is 0 Å². The third-order valence-corrected chi connectivity index (χ3v) is 4.18. The quantitative estimate of drug-likeness (QED) is 0.802. The van der Waals surface area contributed by atoms with Gasteiger partial charge in [0.05, 0.1) is 0 Å². The maximum Gasteiger partial charge on any atom is 0.303 e. The van der Waals surface area contributed by atoms with Crippen LogP contribution in [0.5, 0.6) is 0 Å². The van der Waals surface area contributed by atoms with Gasteiger partial charge in [0.15, 0.2) is 4.90 Å². The Kier molecular flexibility index (Phi) is 5.73. The average Bonchev–Trinajstić information content (AvgIpc) is 2.32. The maximum absolute atomic E-state index is 13.4. The largest absolute Gasteiger partial charge is 0.481 e. The molecule has 1 aromatic rings. The topological polar surface area (TPSA) is 83.5 Å². The van der Waals surface area contributed by atoms with Gasteiger partial charge in [0.2, 0.25) is 10.0 Å². The van der Waals surface area contributed by atoms with E-state index in [0.29, 0.717) is 0 Å². The molecule has 1 rings (SSSR count). The van der Waals surface area contributed by atoms with Crippen LogP contribution in [0.4, 0.5) is 13.2 Å². The predicted octanol–water partition coefficient (Wildman–Crippen LogP) is 1.88. The number of sulfonamides is 1. The van der Waals surface area contributed by atoms with E-state index in [4.69, 9.17) is 5.11 Å². The monoisotopic (exact) mass is 325 g/mol.